The van der Waals surface area contributed by atoms with E-state index in [1.807, 2.05) is 6.07 Å². The molecule has 1 aromatic rings. The summed E-state index contributed by atoms with van der Waals surface area (Å²) >= 11 is 0. The molecule has 0 heterocycles. The van der Waals surface area contributed by atoms with Crippen molar-refractivity contribution < 1.29 is 19.4 Å². The lowest BCUT2D eigenvalue weighted by Crippen LogP contribution is -2.03. The van der Waals surface area contributed by atoms with Crippen LogP contribution in [0, 0.1) is 11.8 Å². The van der Waals surface area contributed by atoms with Gasteiger partial charge in [0.2, 0.25) is 0 Å². The van der Waals surface area contributed by atoms with Crippen LogP contribution in [-0.4, -0.2) is 24.3 Å². The second-order valence-electron chi connectivity index (χ2n) is 12.5. The summed E-state index contributed by atoms with van der Waals surface area (Å²) in [6.45, 7) is 1.23. The third-order valence-corrected chi connectivity index (χ3v) is 8.68. The molecule has 0 spiro atoms. The molecule has 0 aromatic heterocycles. The SMILES string of the molecule is O=C(O)c1cc(OCCCCCCCCCCCC2C=CC=C2)cc(OCCCCCCCCCCCC2C=CC=C2)c1. The summed E-state index contributed by atoms with van der Waals surface area (Å²) in [6.07, 6.45) is 43.2. The van der Waals surface area contributed by atoms with Gasteiger partial charge in [0.25, 0.3) is 0 Å². The number of carboxylic acids is 1. The monoisotopic (exact) mass is 590 g/mol. The molecule has 0 bridgehead atoms. The molecule has 0 atom stereocenters. The largest absolute Gasteiger partial charge is 0.493 e. The smallest absolute Gasteiger partial charge is 0.335 e. The van der Waals surface area contributed by atoms with Crippen molar-refractivity contribution in [2.45, 2.75) is 128 Å². The van der Waals surface area contributed by atoms with Crippen molar-refractivity contribution in [3.8, 4) is 11.5 Å². The van der Waals surface area contributed by atoms with Crippen LogP contribution in [0.3, 0.4) is 0 Å². The lowest BCUT2D eigenvalue weighted by Gasteiger charge is -2.11. The Hall–Kier alpha value is -2.75. The highest BCUT2D eigenvalue weighted by atomic mass is 16.5. The molecule has 0 saturated carbocycles. The molecule has 238 valence electrons. The molecular weight excluding hydrogens is 532 g/mol. The topological polar surface area (TPSA) is 55.8 Å². The Labute approximate surface area is 262 Å². The number of benzene rings is 1. The molecule has 0 unspecified atom stereocenters. The molecule has 3 rings (SSSR count). The summed E-state index contributed by atoms with van der Waals surface area (Å²) in [6, 6.07) is 5.06. The fraction of sp³-hybridized carbons (Fsp3) is 0.615. The Morgan fingerprint density at radius 2 is 0.814 bits per heavy atom. The maximum absolute atomic E-state index is 11.6. The predicted octanol–water partition coefficient (Wildman–Crippen LogP) is 11.4. The number of allylic oxidation sites excluding steroid dienone is 8. The third-order valence-electron chi connectivity index (χ3n) is 8.68. The molecule has 4 nitrogen and oxygen atoms in total. The number of ether oxygens (including phenoxy) is 2. The summed E-state index contributed by atoms with van der Waals surface area (Å²) in [5.41, 5.74) is 0.222. The van der Waals surface area contributed by atoms with Gasteiger partial charge in [0.1, 0.15) is 11.5 Å². The van der Waals surface area contributed by atoms with Gasteiger partial charge in [-0.25, -0.2) is 4.79 Å². The van der Waals surface area contributed by atoms with Crippen molar-refractivity contribution in [2.75, 3.05) is 13.2 Å². The fourth-order valence-corrected chi connectivity index (χ4v) is 6.02. The molecule has 0 amide bonds. The molecular formula is C39H58O4. The van der Waals surface area contributed by atoms with Crippen molar-refractivity contribution in [2.24, 2.45) is 11.8 Å². The molecule has 1 aromatic carbocycles. The number of carboxylic acid groups (broad SMARTS) is 1. The van der Waals surface area contributed by atoms with E-state index >= 15 is 0 Å². The first kappa shape index (κ1) is 34.7. The number of unbranched alkanes of at least 4 members (excludes halogenated alkanes) is 16. The first-order valence-electron chi connectivity index (χ1n) is 17.5. The average molecular weight is 591 g/mol. The summed E-state index contributed by atoms with van der Waals surface area (Å²) in [5.74, 6) is 1.61. The molecule has 2 aliphatic carbocycles. The predicted molar refractivity (Wildman–Crippen MR) is 180 cm³/mol. The van der Waals surface area contributed by atoms with Gasteiger partial charge in [0.05, 0.1) is 18.8 Å². The van der Waals surface area contributed by atoms with Gasteiger partial charge in [-0.05, 0) is 49.7 Å². The lowest BCUT2D eigenvalue weighted by atomic mass is 10.0. The minimum atomic E-state index is -0.949. The molecule has 0 saturated heterocycles. The molecule has 2 aliphatic rings. The van der Waals surface area contributed by atoms with Gasteiger partial charge in [-0.2, -0.15) is 0 Å². The maximum Gasteiger partial charge on any atom is 0.335 e. The van der Waals surface area contributed by atoms with Crippen molar-refractivity contribution in [1.29, 1.82) is 0 Å². The Balaban J connectivity index is 1.14. The summed E-state index contributed by atoms with van der Waals surface area (Å²) in [5, 5.41) is 9.53. The number of hydrogen-bond donors (Lipinski definition) is 1. The van der Waals surface area contributed by atoms with Crippen LogP contribution < -0.4 is 9.47 Å². The van der Waals surface area contributed by atoms with Crippen LogP contribution in [0.25, 0.3) is 0 Å². The van der Waals surface area contributed by atoms with E-state index in [1.54, 1.807) is 12.1 Å². The Morgan fingerprint density at radius 1 is 0.488 bits per heavy atom. The zero-order chi connectivity index (χ0) is 30.2. The van der Waals surface area contributed by atoms with Gasteiger partial charge in [-0.3, -0.25) is 0 Å². The van der Waals surface area contributed by atoms with Gasteiger partial charge >= 0.3 is 5.97 Å². The van der Waals surface area contributed by atoms with Crippen LogP contribution in [0.2, 0.25) is 0 Å². The van der Waals surface area contributed by atoms with Crippen molar-refractivity contribution >= 4 is 5.97 Å². The van der Waals surface area contributed by atoms with E-state index in [-0.39, 0.29) is 5.56 Å². The molecule has 43 heavy (non-hydrogen) atoms. The minimum absolute atomic E-state index is 0.222. The summed E-state index contributed by atoms with van der Waals surface area (Å²) < 4.78 is 11.9. The Kier molecular flexibility index (Phi) is 18.4. The van der Waals surface area contributed by atoms with Crippen LogP contribution in [0.4, 0.5) is 0 Å². The van der Waals surface area contributed by atoms with Crippen molar-refractivity contribution in [1.82, 2.24) is 0 Å². The highest BCUT2D eigenvalue weighted by Gasteiger charge is 2.09. The highest BCUT2D eigenvalue weighted by molar-refractivity contribution is 5.88. The molecule has 1 N–H and O–H groups in total. The van der Waals surface area contributed by atoms with E-state index in [0.717, 1.165) is 25.7 Å². The van der Waals surface area contributed by atoms with Crippen LogP contribution in [0.15, 0.2) is 66.8 Å². The fourth-order valence-electron chi connectivity index (χ4n) is 6.02. The second kappa shape index (κ2) is 22.7. The van der Waals surface area contributed by atoms with Crippen molar-refractivity contribution in [3.05, 3.63) is 72.4 Å². The average Bonchev–Trinajstić information content (AvgIpc) is 3.73. The van der Waals surface area contributed by atoms with E-state index in [1.165, 1.54) is 103 Å². The Morgan fingerprint density at radius 3 is 1.16 bits per heavy atom. The van der Waals surface area contributed by atoms with E-state index < -0.39 is 5.97 Å². The van der Waals surface area contributed by atoms with Gasteiger partial charge in [0.15, 0.2) is 0 Å². The van der Waals surface area contributed by atoms with Crippen LogP contribution in [0.1, 0.15) is 139 Å². The molecule has 4 heteroatoms. The summed E-state index contributed by atoms with van der Waals surface area (Å²) in [7, 11) is 0. The molecule has 0 fully saturated rings. The van der Waals surface area contributed by atoms with Gasteiger partial charge in [-0.15, -0.1) is 0 Å². The molecule has 0 radical (unpaired) electrons. The van der Waals surface area contributed by atoms with Crippen LogP contribution in [-0.2, 0) is 0 Å². The molecule has 0 aliphatic heterocycles. The van der Waals surface area contributed by atoms with Gasteiger partial charge < -0.3 is 14.6 Å². The van der Waals surface area contributed by atoms with Crippen LogP contribution in [0.5, 0.6) is 11.5 Å². The first-order chi connectivity index (χ1) is 21.2. The van der Waals surface area contributed by atoms with E-state index in [9.17, 15) is 9.90 Å². The third kappa shape index (κ3) is 16.6. The highest BCUT2D eigenvalue weighted by Crippen LogP contribution is 2.25. The maximum atomic E-state index is 11.6. The van der Waals surface area contributed by atoms with Gasteiger partial charge in [0, 0.05) is 6.07 Å². The zero-order valence-electron chi connectivity index (χ0n) is 26.7. The number of carbonyl (C=O) groups is 1. The number of aromatic carboxylic acids is 1. The first-order valence-corrected chi connectivity index (χ1v) is 17.5. The van der Waals surface area contributed by atoms with Crippen LogP contribution >= 0.6 is 0 Å². The lowest BCUT2D eigenvalue weighted by molar-refractivity contribution is 0.0695. The normalized spacial score (nSPS) is 14.3. The van der Waals surface area contributed by atoms with E-state index in [0.29, 0.717) is 36.5 Å². The minimum Gasteiger partial charge on any atom is -0.493 e. The van der Waals surface area contributed by atoms with Crippen molar-refractivity contribution in [3.63, 3.8) is 0 Å². The Bertz CT molecular complexity index is 910. The number of hydrogen-bond acceptors (Lipinski definition) is 3. The second-order valence-corrected chi connectivity index (χ2v) is 12.5. The van der Waals surface area contributed by atoms with E-state index in [2.05, 4.69) is 48.6 Å². The standard InChI is InChI=1S/C39H58O4/c40-39(41)36-31-37(42-29-21-13-9-5-1-3-7-11-15-23-34-25-17-18-26-34)33-38(32-36)43-30-22-14-10-6-2-4-8-12-16-24-35-27-19-20-28-35/h17-20,25-28,31-35H,1-16,21-24,29-30H2,(H,40,41). The zero-order valence-corrected chi connectivity index (χ0v) is 26.7. The van der Waals surface area contributed by atoms with E-state index in [4.69, 9.17) is 9.47 Å². The van der Waals surface area contributed by atoms with Gasteiger partial charge in [-0.1, -0.05) is 151 Å². The number of rotatable bonds is 27. The summed E-state index contributed by atoms with van der Waals surface area (Å²) in [4.78, 5) is 11.6. The quantitative estimate of drug-likeness (QED) is 0.104.